The van der Waals surface area contributed by atoms with Crippen molar-refractivity contribution in [3.63, 3.8) is 0 Å². The Morgan fingerprint density at radius 3 is 2.81 bits per heavy atom. The van der Waals surface area contributed by atoms with Crippen LogP contribution in [0.15, 0.2) is 21.9 Å². The number of amides is 3. The summed E-state index contributed by atoms with van der Waals surface area (Å²) in [4.78, 5) is 24.1. The minimum atomic E-state index is -0.424. The molecule has 0 spiro atoms. The van der Waals surface area contributed by atoms with Crippen LogP contribution >= 0.6 is 11.8 Å². The molecule has 8 nitrogen and oxygen atoms in total. The molecule has 0 aromatic carbocycles. The van der Waals surface area contributed by atoms with E-state index < -0.39 is 6.03 Å². The molecule has 0 radical (unpaired) electrons. The Kier molecular flexibility index (Phi) is 6.20. The fourth-order valence-electron chi connectivity index (χ4n) is 3.32. The molecule has 27 heavy (non-hydrogen) atoms. The van der Waals surface area contributed by atoms with Crippen LogP contribution in [0.1, 0.15) is 38.4 Å². The number of hydrogen-bond donors (Lipinski definition) is 2. The Morgan fingerprint density at radius 2 is 2.11 bits per heavy atom. The Morgan fingerprint density at radius 1 is 1.33 bits per heavy atom. The summed E-state index contributed by atoms with van der Waals surface area (Å²) >= 11 is 1.23. The third-order valence-electron chi connectivity index (χ3n) is 4.95. The summed E-state index contributed by atoms with van der Waals surface area (Å²) in [5.41, 5.74) is 0.863. The number of carbonyl (C=O) groups is 2. The molecule has 2 aromatic heterocycles. The van der Waals surface area contributed by atoms with Crippen LogP contribution in [0.25, 0.3) is 11.4 Å². The maximum absolute atomic E-state index is 12.1. The van der Waals surface area contributed by atoms with Crippen molar-refractivity contribution in [3.8, 4) is 11.4 Å². The van der Waals surface area contributed by atoms with Gasteiger partial charge in [-0.1, -0.05) is 31.5 Å². The highest BCUT2D eigenvalue weighted by Crippen LogP contribution is 2.26. The van der Waals surface area contributed by atoms with Gasteiger partial charge in [-0.15, -0.1) is 10.2 Å². The van der Waals surface area contributed by atoms with Crippen LogP contribution < -0.4 is 10.6 Å². The van der Waals surface area contributed by atoms with Crippen LogP contribution in [-0.4, -0.2) is 38.5 Å². The van der Waals surface area contributed by atoms with Gasteiger partial charge in [-0.2, -0.15) is 0 Å². The van der Waals surface area contributed by atoms with Crippen molar-refractivity contribution in [2.24, 2.45) is 13.0 Å². The van der Waals surface area contributed by atoms with Gasteiger partial charge in [0.2, 0.25) is 5.91 Å². The number of thioether (sulfide) groups is 1. The zero-order valence-corrected chi connectivity index (χ0v) is 16.6. The maximum atomic E-state index is 12.1. The first kappa shape index (κ1) is 19.5. The molecule has 0 aliphatic heterocycles. The fraction of sp³-hybridized carbons (Fsp3) is 0.556. The number of aryl methyl sites for hydroxylation is 1. The second kappa shape index (κ2) is 8.60. The van der Waals surface area contributed by atoms with E-state index in [0.29, 0.717) is 16.9 Å². The van der Waals surface area contributed by atoms with E-state index in [1.54, 1.807) is 10.8 Å². The molecule has 1 saturated carbocycles. The lowest BCUT2D eigenvalue weighted by atomic mass is 9.86. The zero-order valence-electron chi connectivity index (χ0n) is 15.8. The first-order valence-electron chi connectivity index (χ1n) is 9.12. The van der Waals surface area contributed by atoms with Gasteiger partial charge in [-0.05, 0) is 31.7 Å². The predicted molar refractivity (Wildman–Crippen MR) is 102 cm³/mol. The normalized spacial score (nSPS) is 19.7. The number of hydrogen-bond acceptors (Lipinski definition) is 6. The molecule has 0 saturated heterocycles. The monoisotopic (exact) mass is 391 g/mol. The van der Waals surface area contributed by atoms with Crippen LogP contribution in [-0.2, 0) is 11.8 Å². The molecule has 3 amide bonds. The van der Waals surface area contributed by atoms with Crippen LogP contribution in [0.3, 0.4) is 0 Å². The van der Waals surface area contributed by atoms with E-state index >= 15 is 0 Å². The molecular formula is C18H25N5O3S. The van der Waals surface area contributed by atoms with Crippen molar-refractivity contribution in [1.29, 1.82) is 0 Å². The van der Waals surface area contributed by atoms with Gasteiger partial charge >= 0.3 is 6.03 Å². The number of nitrogens with zero attached hydrogens (tertiary/aromatic N) is 3. The molecule has 2 atom stereocenters. The van der Waals surface area contributed by atoms with Gasteiger partial charge < -0.3 is 14.3 Å². The van der Waals surface area contributed by atoms with Crippen LogP contribution in [0, 0.1) is 12.8 Å². The van der Waals surface area contributed by atoms with Crippen molar-refractivity contribution in [2.45, 2.75) is 50.7 Å². The Balaban J connectivity index is 1.50. The molecule has 0 bridgehead atoms. The number of urea groups is 1. The molecule has 3 rings (SSSR count). The summed E-state index contributed by atoms with van der Waals surface area (Å²) < 4.78 is 7.10. The number of imide groups is 1. The van der Waals surface area contributed by atoms with Crippen molar-refractivity contribution in [3.05, 3.63) is 18.1 Å². The summed E-state index contributed by atoms with van der Waals surface area (Å²) in [7, 11) is 1.83. The minimum absolute atomic E-state index is 0.0873. The first-order chi connectivity index (χ1) is 13.0. The van der Waals surface area contributed by atoms with Gasteiger partial charge in [0.1, 0.15) is 5.76 Å². The fourth-order valence-corrected chi connectivity index (χ4v) is 4.03. The van der Waals surface area contributed by atoms with E-state index in [-0.39, 0.29) is 17.7 Å². The highest BCUT2D eigenvalue weighted by molar-refractivity contribution is 7.99. The largest absolute Gasteiger partial charge is 0.469 e. The quantitative estimate of drug-likeness (QED) is 0.760. The number of carbonyl (C=O) groups excluding carboxylic acids is 2. The topological polar surface area (TPSA) is 102 Å². The lowest BCUT2D eigenvalue weighted by Crippen LogP contribution is -2.48. The Labute approximate surface area is 162 Å². The lowest BCUT2D eigenvalue weighted by molar-refractivity contribution is -0.117. The van der Waals surface area contributed by atoms with Gasteiger partial charge in [0, 0.05) is 13.1 Å². The molecule has 2 unspecified atom stereocenters. The maximum Gasteiger partial charge on any atom is 0.321 e. The highest BCUT2D eigenvalue weighted by Gasteiger charge is 2.23. The Hall–Kier alpha value is -2.29. The van der Waals surface area contributed by atoms with Crippen LogP contribution in [0.5, 0.6) is 0 Å². The molecule has 1 aliphatic carbocycles. The van der Waals surface area contributed by atoms with Crippen molar-refractivity contribution in [2.75, 3.05) is 5.75 Å². The lowest BCUT2D eigenvalue weighted by Gasteiger charge is -2.29. The molecule has 1 fully saturated rings. The summed E-state index contributed by atoms with van der Waals surface area (Å²) in [6, 6.07) is 1.54. The smallest absolute Gasteiger partial charge is 0.321 e. The second-order valence-electron chi connectivity index (χ2n) is 6.93. The third kappa shape index (κ3) is 4.71. The van der Waals surface area contributed by atoms with Gasteiger partial charge in [-0.3, -0.25) is 10.1 Å². The number of aromatic nitrogens is 3. The van der Waals surface area contributed by atoms with Crippen molar-refractivity contribution < 1.29 is 14.0 Å². The molecule has 1 aliphatic rings. The number of nitrogens with one attached hydrogen (secondary N) is 2. The third-order valence-corrected chi connectivity index (χ3v) is 5.97. The predicted octanol–water partition coefficient (Wildman–Crippen LogP) is 2.88. The molecular weight excluding hydrogens is 366 g/mol. The van der Waals surface area contributed by atoms with Crippen molar-refractivity contribution in [1.82, 2.24) is 25.4 Å². The molecule has 9 heteroatoms. The number of furan rings is 1. The van der Waals surface area contributed by atoms with E-state index in [2.05, 4.69) is 27.8 Å². The first-order valence-corrected chi connectivity index (χ1v) is 10.1. The van der Waals surface area contributed by atoms with Crippen LogP contribution in [0.4, 0.5) is 4.79 Å². The SMILES string of the molecule is Cc1occc1-c1nnc(SCC(=O)NC(=O)NC2CCCCC2C)n1C. The molecule has 2 heterocycles. The molecule has 2 aromatic rings. The summed E-state index contributed by atoms with van der Waals surface area (Å²) in [6.07, 6.45) is 6.00. The van der Waals surface area contributed by atoms with Gasteiger partial charge in [0.25, 0.3) is 0 Å². The standard InChI is InChI=1S/C18H25N5O3S/c1-11-6-4-5-7-14(11)19-17(25)20-15(24)10-27-18-22-21-16(23(18)3)13-8-9-26-12(13)2/h8-9,11,14H,4-7,10H2,1-3H3,(H2,19,20,24,25). The average molecular weight is 391 g/mol. The summed E-state index contributed by atoms with van der Waals surface area (Å²) in [6.45, 7) is 3.99. The van der Waals surface area contributed by atoms with E-state index in [4.69, 9.17) is 4.42 Å². The minimum Gasteiger partial charge on any atom is -0.469 e. The Bertz CT molecular complexity index is 816. The summed E-state index contributed by atoms with van der Waals surface area (Å²) in [5.74, 6) is 1.60. The van der Waals surface area contributed by atoms with E-state index in [1.165, 1.54) is 18.2 Å². The molecule has 146 valence electrons. The number of rotatable bonds is 5. The second-order valence-corrected chi connectivity index (χ2v) is 7.88. The average Bonchev–Trinajstić information content (AvgIpc) is 3.20. The van der Waals surface area contributed by atoms with Crippen molar-refractivity contribution >= 4 is 23.7 Å². The highest BCUT2D eigenvalue weighted by atomic mass is 32.2. The van der Waals surface area contributed by atoms with Gasteiger partial charge in [0.05, 0.1) is 17.6 Å². The molecule has 2 N–H and O–H groups in total. The summed E-state index contributed by atoms with van der Waals surface area (Å²) in [5, 5.41) is 14.2. The van der Waals surface area contributed by atoms with Crippen LogP contribution in [0.2, 0.25) is 0 Å². The van der Waals surface area contributed by atoms with Gasteiger partial charge in [0.15, 0.2) is 11.0 Å². The van der Waals surface area contributed by atoms with Gasteiger partial charge in [-0.25, -0.2) is 4.79 Å². The van der Waals surface area contributed by atoms with E-state index in [9.17, 15) is 9.59 Å². The zero-order chi connectivity index (χ0) is 19.4. The van der Waals surface area contributed by atoms with E-state index in [1.807, 2.05) is 20.0 Å². The van der Waals surface area contributed by atoms with E-state index in [0.717, 1.165) is 30.6 Å².